The molecule has 1 saturated heterocycles. The van der Waals surface area contributed by atoms with E-state index in [4.69, 9.17) is 4.74 Å². The van der Waals surface area contributed by atoms with Crippen LogP contribution in [-0.2, 0) is 0 Å². The van der Waals surface area contributed by atoms with Crippen LogP contribution in [0, 0.1) is 5.82 Å². The van der Waals surface area contributed by atoms with E-state index in [9.17, 15) is 9.50 Å². The largest absolute Gasteiger partial charge is 0.460 e. The zero-order chi connectivity index (χ0) is 18.4. The first kappa shape index (κ1) is 16.3. The molecule has 0 radical (unpaired) electrons. The summed E-state index contributed by atoms with van der Waals surface area (Å²) in [6.45, 7) is 3.80. The van der Waals surface area contributed by atoms with E-state index in [1.54, 1.807) is 16.7 Å². The summed E-state index contributed by atoms with van der Waals surface area (Å²) >= 11 is 0. The number of anilines is 1. The lowest BCUT2D eigenvalue weighted by Crippen LogP contribution is -2.43. The molecule has 4 heterocycles. The lowest BCUT2D eigenvalue weighted by atomic mass is 10.0. The van der Waals surface area contributed by atoms with Crippen molar-refractivity contribution in [1.82, 2.24) is 14.7 Å². The molecule has 0 bridgehead atoms. The van der Waals surface area contributed by atoms with Gasteiger partial charge in [-0.3, -0.25) is 0 Å². The summed E-state index contributed by atoms with van der Waals surface area (Å²) in [6.07, 6.45) is 3.81. The second kappa shape index (κ2) is 6.37. The molecule has 5 rings (SSSR count). The maximum Gasteiger partial charge on any atom is 0.226 e. The van der Waals surface area contributed by atoms with Crippen molar-refractivity contribution in [2.45, 2.75) is 6.29 Å². The third-order valence-corrected chi connectivity index (χ3v) is 5.01. The highest BCUT2D eigenvalue weighted by molar-refractivity contribution is 5.86. The Balaban J connectivity index is 1.50. The van der Waals surface area contributed by atoms with E-state index < -0.39 is 6.29 Å². The SMILES string of the molecule is OC1Oc2cc(N3CCNCC3)ccc2C=C1c1cn2cc(F)ccc2n1. The van der Waals surface area contributed by atoms with Gasteiger partial charge in [0.05, 0.1) is 5.69 Å². The lowest BCUT2D eigenvalue weighted by Gasteiger charge is -2.31. The van der Waals surface area contributed by atoms with Gasteiger partial charge in [0, 0.05) is 61.5 Å². The Bertz CT molecular complexity index is 1040. The summed E-state index contributed by atoms with van der Waals surface area (Å²) in [6, 6.07) is 8.99. The van der Waals surface area contributed by atoms with Gasteiger partial charge >= 0.3 is 0 Å². The summed E-state index contributed by atoms with van der Waals surface area (Å²) in [5.41, 5.74) is 3.70. The molecule has 2 aromatic heterocycles. The van der Waals surface area contributed by atoms with Crippen molar-refractivity contribution in [3.05, 3.63) is 59.8 Å². The molecule has 1 atom stereocenters. The lowest BCUT2D eigenvalue weighted by molar-refractivity contribution is 0.0318. The third-order valence-electron chi connectivity index (χ3n) is 5.01. The van der Waals surface area contributed by atoms with Gasteiger partial charge in [0.1, 0.15) is 17.2 Å². The molecule has 6 nitrogen and oxygen atoms in total. The van der Waals surface area contributed by atoms with Crippen molar-refractivity contribution in [1.29, 1.82) is 0 Å². The first-order valence-electron chi connectivity index (χ1n) is 8.98. The number of hydrogen-bond acceptors (Lipinski definition) is 5. The molecule has 1 unspecified atom stereocenters. The Hall–Kier alpha value is -2.90. The average molecular weight is 366 g/mol. The van der Waals surface area contributed by atoms with Crippen molar-refractivity contribution in [2.24, 2.45) is 0 Å². The molecule has 0 spiro atoms. The molecule has 7 heteroatoms. The number of fused-ring (bicyclic) bond motifs is 2. The summed E-state index contributed by atoms with van der Waals surface area (Å²) < 4.78 is 20.8. The van der Waals surface area contributed by atoms with E-state index in [1.807, 2.05) is 18.2 Å². The molecule has 0 saturated carbocycles. The molecule has 2 aliphatic rings. The van der Waals surface area contributed by atoms with Crippen molar-refractivity contribution in [3.63, 3.8) is 0 Å². The number of hydrogen-bond donors (Lipinski definition) is 2. The first-order chi connectivity index (χ1) is 13.2. The standard InChI is InChI=1S/C20H19FN4O2/c21-14-2-4-19-23-17(12-25(19)11-14)16-9-13-1-3-15(10-18(13)27-20(16)26)24-7-5-22-6-8-24/h1-4,9-12,20,22,26H,5-8H2. The molecule has 1 aromatic carbocycles. The highest BCUT2D eigenvalue weighted by Crippen LogP contribution is 2.36. The molecule has 0 amide bonds. The molecule has 3 aromatic rings. The second-order valence-corrected chi connectivity index (χ2v) is 6.77. The summed E-state index contributed by atoms with van der Waals surface area (Å²) in [5, 5.41) is 13.9. The van der Waals surface area contributed by atoms with Crippen molar-refractivity contribution in [2.75, 3.05) is 31.1 Å². The first-order valence-corrected chi connectivity index (χ1v) is 8.98. The fourth-order valence-corrected chi connectivity index (χ4v) is 3.59. The van der Waals surface area contributed by atoms with Gasteiger partial charge in [0.25, 0.3) is 0 Å². The van der Waals surface area contributed by atoms with E-state index in [-0.39, 0.29) is 5.82 Å². The number of pyridine rings is 1. The Labute approximate surface area is 155 Å². The molecule has 0 aliphatic carbocycles. The number of piperazine rings is 1. The number of imidazole rings is 1. The number of halogens is 1. The number of benzene rings is 1. The topological polar surface area (TPSA) is 62.0 Å². The van der Waals surface area contributed by atoms with Crippen LogP contribution in [-0.4, -0.2) is 47.0 Å². The molecular formula is C20H19FN4O2. The van der Waals surface area contributed by atoms with Gasteiger partial charge in [-0.05, 0) is 30.3 Å². The van der Waals surface area contributed by atoms with Crippen molar-refractivity contribution < 1.29 is 14.2 Å². The highest BCUT2D eigenvalue weighted by Gasteiger charge is 2.25. The minimum absolute atomic E-state index is 0.341. The maximum atomic E-state index is 13.4. The second-order valence-electron chi connectivity index (χ2n) is 6.77. The van der Waals surface area contributed by atoms with Crippen LogP contribution in [0.3, 0.4) is 0 Å². The van der Waals surface area contributed by atoms with E-state index in [1.165, 1.54) is 12.3 Å². The number of rotatable bonds is 2. The van der Waals surface area contributed by atoms with Gasteiger partial charge in [-0.25, -0.2) is 9.37 Å². The van der Waals surface area contributed by atoms with Crippen LogP contribution in [0.4, 0.5) is 10.1 Å². The van der Waals surface area contributed by atoms with Crippen LogP contribution >= 0.6 is 0 Å². The highest BCUT2D eigenvalue weighted by atomic mass is 19.1. The van der Waals surface area contributed by atoms with E-state index >= 15 is 0 Å². The summed E-state index contributed by atoms with van der Waals surface area (Å²) in [7, 11) is 0. The maximum absolute atomic E-state index is 13.4. The number of nitrogens with zero attached hydrogens (tertiary/aromatic N) is 3. The van der Waals surface area contributed by atoms with Gasteiger partial charge < -0.3 is 24.5 Å². The predicted molar refractivity (Wildman–Crippen MR) is 101 cm³/mol. The van der Waals surface area contributed by atoms with Crippen molar-refractivity contribution in [3.8, 4) is 5.75 Å². The number of aromatic nitrogens is 2. The third kappa shape index (κ3) is 2.94. The number of ether oxygens (including phenoxy) is 1. The number of aliphatic hydroxyl groups is 1. The molecule has 27 heavy (non-hydrogen) atoms. The fraction of sp³-hybridized carbons (Fsp3) is 0.250. The van der Waals surface area contributed by atoms with E-state index in [0.29, 0.717) is 22.7 Å². The number of nitrogens with one attached hydrogen (secondary N) is 1. The Morgan fingerprint density at radius 1 is 1.15 bits per heavy atom. The van der Waals surface area contributed by atoms with Crippen LogP contribution < -0.4 is 15.0 Å². The number of aliphatic hydroxyl groups excluding tert-OH is 1. The normalized spacial score (nSPS) is 19.6. The van der Waals surface area contributed by atoms with Crippen LogP contribution in [0.5, 0.6) is 5.75 Å². The molecule has 2 aliphatic heterocycles. The Morgan fingerprint density at radius 3 is 2.85 bits per heavy atom. The molecular weight excluding hydrogens is 347 g/mol. The molecule has 1 fully saturated rings. The minimum Gasteiger partial charge on any atom is -0.460 e. The van der Waals surface area contributed by atoms with Crippen LogP contribution in [0.1, 0.15) is 11.3 Å². The molecule has 2 N–H and O–H groups in total. The predicted octanol–water partition coefficient (Wildman–Crippen LogP) is 2.13. The van der Waals surface area contributed by atoms with Crippen LogP contribution in [0.2, 0.25) is 0 Å². The smallest absolute Gasteiger partial charge is 0.226 e. The van der Waals surface area contributed by atoms with Gasteiger partial charge in [-0.2, -0.15) is 0 Å². The van der Waals surface area contributed by atoms with Crippen LogP contribution in [0.25, 0.3) is 17.3 Å². The zero-order valence-electron chi connectivity index (χ0n) is 14.6. The van der Waals surface area contributed by atoms with Crippen LogP contribution in [0.15, 0.2) is 42.7 Å². The van der Waals surface area contributed by atoms with Gasteiger partial charge in [-0.15, -0.1) is 0 Å². The Morgan fingerprint density at radius 2 is 2.00 bits per heavy atom. The van der Waals surface area contributed by atoms with Crippen molar-refractivity contribution >= 4 is 23.0 Å². The van der Waals surface area contributed by atoms with Gasteiger partial charge in [-0.1, -0.05) is 0 Å². The summed E-state index contributed by atoms with van der Waals surface area (Å²) in [5.74, 6) is 0.309. The Kier molecular flexibility index (Phi) is 3.84. The van der Waals surface area contributed by atoms with E-state index in [2.05, 4.69) is 21.3 Å². The monoisotopic (exact) mass is 366 g/mol. The zero-order valence-corrected chi connectivity index (χ0v) is 14.6. The van der Waals surface area contributed by atoms with E-state index in [0.717, 1.165) is 37.4 Å². The fourth-order valence-electron chi connectivity index (χ4n) is 3.59. The minimum atomic E-state index is -1.12. The molecule has 138 valence electrons. The van der Waals surface area contributed by atoms with Gasteiger partial charge in [0.2, 0.25) is 6.29 Å². The van der Waals surface area contributed by atoms with Gasteiger partial charge in [0.15, 0.2) is 0 Å². The summed E-state index contributed by atoms with van der Waals surface area (Å²) in [4.78, 5) is 6.76. The average Bonchev–Trinajstić information content (AvgIpc) is 3.10. The quantitative estimate of drug-likeness (QED) is 0.728.